The largest absolute Gasteiger partial charge is 0.288 e. The minimum absolute atomic E-state index is 0.106. The van der Waals surface area contributed by atoms with Crippen LogP contribution in [0.5, 0.6) is 0 Å². The van der Waals surface area contributed by atoms with E-state index in [2.05, 4.69) is 0 Å². The molecule has 0 unspecified atom stereocenters. The lowest BCUT2D eigenvalue weighted by Crippen LogP contribution is -2.02. The van der Waals surface area contributed by atoms with E-state index in [0.29, 0.717) is 9.21 Å². The number of ketones is 1. The van der Waals surface area contributed by atoms with Gasteiger partial charge in [-0.1, -0.05) is 29.3 Å². The highest BCUT2D eigenvalue weighted by Crippen LogP contribution is 2.27. The molecular formula is C11H5Cl2FOS. The number of rotatable bonds is 2. The van der Waals surface area contributed by atoms with Crippen LogP contribution < -0.4 is 0 Å². The Morgan fingerprint density at radius 2 is 1.94 bits per heavy atom. The highest BCUT2D eigenvalue weighted by molar-refractivity contribution is 7.18. The second kappa shape index (κ2) is 4.53. The molecule has 0 N–H and O–H groups in total. The Balaban J connectivity index is 2.49. The fraction of sp³-hybridized carbons (Fsp3) is 0. The molecule has 0 atom stereocenters. The van der Waals surface area contributed by atoms with E-state index in [1.807, 2.05) is 0 Å². The summed E-state index contributed by atoms with van der Waals surface area (Å²) in [6.07, 6.45) is 0. The maximum absolute atomic E-state index is 13.5. The van der Waals surface area contributed by atoms with Crippen molar-refractivity contribution in [3.8, 4) is 0 Å². The van der Waals surface area contributed by atoms with Gasteiger partial charge in [-0.05, 0) is 24.3 Å². The van der Waals surface area contributed by atoms with Crippen LogP contribution in [-0.2, 0) is 0 Å². The molecule has 0 aliphatic carbocycles. The highest BCUT2D eigenvalue weighted by Gasteiger charge is 2.18. The molecule has 0 saturated heterocycles. The molecule has 0 aliphatic rings. The van der Waals surface area contributed by atoms with Crippen molar-refractivity contribution in [1.29, 1.82) is 0 Å². The molecule has 2 aromatic rings. The predicted octanol–water partition coefficient (Wildman–Crippen LogP) is 4.43. The Kier molecular flexibility index (Phi) is 3.28. The summed E-state index contributed by atoms with van der Waals surface area (Å²) < 4.78 is 13.9. The second-order valence-corrected chi connectivity index (χ2v) is 5.15. The van der Waals surface area contributed by atoms with Crippen LogP contribution in [-0.4, -0.2) is 5.78 Å². The number of hydrogen-bond donors (Lipinski definition) is 0. The molecule has 1 nitrogen and oxygen atoms in total. The Bertz CT molecular complexity index is 530. The molecule has 0 radical (unpaired) electrons. The molecule has 1 heterocycles. The van der Waals surface area contributed by atoms with Gasteiger partial charge >= 0.3 is 0 Å². The van der Waals surface area contributed by atoms with E-state index in [1.54, 1.807) is 12.1 Å². The summed E-state index contributed by atoms with van der Waals surface area (Å²) in [6, 6.07) is 7.28. The van der Waals surface area contributed by atoms with Gasteiger partial charge < -0.3 is 0 Å². The molecule has 5 heteroatoms. The summed E-state index contributed by atoms with van der Waals surface area (Å²) in [5, 5.41) is 0.106. The van der Waals surface area contributed by atoms with E-state index < -0.39 is 11.6 Å². The molecule has 82 valence electrons. The summed E-state index contributed by atoms with van der Waals surface area (Å²) in [5.41, 5.74) is -0.109. The SMILES string of the molecule is O=C(c1ccc(Cl)s1)c1c(F)cccc1Cl. The summed E-state index contributed by atoms with van der Waals surface area (Å²) in [5.74, 6) is -1.07. The number of hydrogen-bond acceptors (Lipinski definition) is 2. The second-order valence-electron chi connectivity index (χ2n) is 3.03. The van der Waals surface area contributed by atoms with Crippen LogP contribution in [0, 0.1) is 5.82 Å². The Hall–Kier alpha value is -0.900. The minimum Gasteiger partial charge on any atom is -0.288 e. The molecule has 0 aliphatic heterocycles. The first-order chi connectivity index (χ1) is 7.59. The fourth-order valence-corrected chi connectivity index (χ4v) is 2.51. The van der Waals surface area contributed by atoms with Crippen molar-refractivity contribution in [3.05, 3.63) is 55.9 Å². The molecule has 0 spiro atoms. The fourth-order valence-electron chi connectivity index (χ4n) is 1.27. The average molecular weight is 275 g/mol. The van der Waals surface area contributed by atoms with Crippen LogP contribution in [0.1, 0.15) is 15.2 Å². The highest BCUT2D eigenvalue weighted by atomic mass is 35.5. The minimum atomic E-state index is -0.623. The molecule has 16 heavy (non-hydrogen) atoms. The zero-order chi connectivity index (χ0) is 11.7. The van der Waals surface area contributed by atoms with Gasteiger partial charge in [0.15, 0.2) is 0 Å². The number of halogens is 3. The van der Waals surface area contributed by atoms with E-state index >= 15 is 0 Å². The summed E-state index contributed by atoms with van der Waals surface area (Å²) in [7, 11) is 0. The summed E-state index contributed by atoms with van der Waals surface area (Å²) >= 11 is 12.6. The van der Waals surface area contributed by atoms with Crippen LogP contribution >= 0.6 is 34.5 Å². The van der Waals surface area contributed by atoms with Crippen molar-refractivity contribution in [2.45, 2.75) is 0 Å². The van der Waals surface area contributed by atoms with E-state index in [9.17, 15) is 9.18 Å². The lowest BCUT2D eigenvalue weighted by molar-refractivity contribution is 0.103. The number of carbonyl (C=O) groups is 1. The van der Waals surface area contributed by atoms with E-state index in [4.69, 9.17) is 23.2 Å². The van der Waals surface area contributed by atoms with Crippen molar-refractivity contribution >= 4 is 40.3 Å². The topological polar surface area (TPSA) is 17.1 Å². The van der Waals surface area contributed by atoms with E-state index in [0.717, 1.165) is 11.3 Å². The van der Waals surface area contributed by atoms with Crippen molar-refractivity contribution in [1.82, 2.24) is 0 Å². The van der Waals surface area contributed by atoms with E-state index in [1.165, 1.54) is 18.2 Å². The predicted molar refractivity (Wildman–Crippen MR) is 64.2 cm³/mol. The van der Waals surface area contributed by atoms with Gasteiger partial charge in [-0.25, -0.2) is 4.39 Å². The van der Waals surface area contributed by atoms with Gasteiger partial charge in [0.1, 0.15) is 5.82 Å². The monoisotopic (exact) mass is 274 g/mol. The maximum atomic E-state index is 13.5. The lowest BCUT2D eigenvalue weighted by Gasteiger charge is -2.02. The van der Waals surface area contributed by atoms with Crippen LogP contribution in [0.2, 0.25) is 9.36 Å². The molecule has 0 bridgehead atoms. The standard InChI is InChI=1S/C11H5Cl2FOS/c12-6-2-1-3-7(14)10(6)11(15)8-4-5-9(13)16-8/h1-5H. The Morgan fingerprint density at radius 3 is 2.50 bits per heavy atom. The average Bonchev–Trinajstić information content (AvgIpc) is 2.64. The molecule has 0 amide bonds. The van der Waals surface area contributed by atoms with Crippen molar-refractivity contribution < 1.29 is 9.18 Å². The van der Waals surface area contributed by atoms with Gasteiger partial charge in [0.25, 0.3) is 0 Å². The van der Waals surface area contributed by atoms with Gasteiger partial charge in [-0.15, -0.1) is 11.3 Å². The zero-order valence-corrected chi connectivity index (χ0v) is 10.2. The van der Waals surface area contributed by atoms with Crippen LogP contribution in [0.15, 0.2) is 30.3 Å². The lowest BCUT2D eigenvalue weighted by atomic mass is 10.1. The molecule has 1 aromatic heterocycles. The summed E-state index contributed by atoms with van der Waals surface area (Å²) in [4.78, 5) is 12.3. The quantitative estimate of drug-likeness (QED) is 0.741. The van der Waals surface area contributed by atoms with Crippen molar-refractivity contribution in [2.24, 2.45) is 0 Å². The van der Waals surface area contributed by atoms with Gasteiger partial charge in [0.2, 0.25) is 5.78 Å². The van der Waals surface area contributed by atoms with Crippen molar-refractivity contribution in [3.63, 3.8) is 0 Å². The van der Waals surface area contributed by atoms with Crippen LogP contribution in [0.3, 0.4) is 0 Å². The van der Waals surface area contributed by atoms with Gasteiger partial charge in [-0.2, -0.15) is 0 Å². The van der Waals surface area contributed by atoms with Crippen LogP contribution in [0.4, 0.5) is 4.39 Å². The third kappa shape index (κ3) is 2.12. The number of benzene rings is 1. The molecule has 0 fully saturated rings. The van der Waals surface area contributed by atoms with Gasteiger partial charge in [0, 0.05) is 0 Å². The first-order valence-electron chi connectivity index (χ1n) is 4.33. The Labute approximate surface area is 105 Å². The first kappa shape index (κ1) is 11.6. The third-order valence-electron chi connectivity index (χ3n) is 1.99. The normalized spacial score (nSPS) is 10.4. The Morgan fingerprint density at radius 1 is 1.19 bits per heavy atom. The smallest absolute Gasteiger partial charge is 0.207 e. The molecule has 0 saturated carbocycles. The van der Waals surface area contributed by atoms with Gasteiger partial charge in [-0.3, -0.25) is 4.79 Å². The number of thiophene rings is 1. The molecule has 2 rings (SSSR count). The van der Waals surface area contributed by atoms with Crippen molar-refractivity contribution in [2.75, 3.05) is 0 Å². The van der Waals surface area contributed by atoms with E-state index in [-0.39, 0.29) is 10.6 Å². The molecular weight excluding hydrogens is 270 g/mol. The van der Waals surface area contributed by atoms with Crippen LogP contribution in [0.25, 0.3) is 0 Å². The molecule has 1 aromatic carbocycles. The number of carbonyl (C=O) groups excluding carboxylic acids is 1. The third-order valence-corrected chi connectivity index (χ3v) is 3.53. The van der Waals surface area contributed by atoms with Gasteiger partial charge in [0.05, 0.1) is 19.8 Å². The zero-order valence-electron chi connectivity index (χ0n) is 7.84. The summed E-state index contributed by atoms with van der Waals surface area (Å²) in [6.45, 7) is 0. The first-order valence-corrected chi connectivity index (χ1v) is 5.91. The maximum Gasteiger partial charge on any atom is 0.207 e.